The predicted molar refractivity (Wildman–Crippen MR) is 112 cm³/mol. The first-order valence-corrected chi connectivity index (χ1v) is 11.3. The summed E-state index contributed by atoms with van der Waals surface area (Å²) in [4.78, 5) is 14.9. The van der Waals surface area contributed by atoms with Gasteiger partial charge in [0.05, 0.1) is 15.5 Å². The highest BCUT2D eigenvalue weighted by Crippen LogP contribution is 2.33. The maximum absolute atomic E-state index is 14.0. The molecule has 0 unspecified atom stereocenters. The van der Waals surface area contributed by atoms with Crippen LogP contribution in [0.3, 0.4) is 0 Å². The molecule has 0 N–H and O–H groups in total. The van der Waals surface area contributed by atoms with Crippen molar-refractivity contribution in [3.8, 4) is 0 Å². The Morgan fingerprint density at radius 2 is 1.47 bits per heavy atom. The molecule has 2 saturated heterocycles. The average Bonchev–Trinajstić information content (AvgIpc) is 3.30. The second-order valence-corrected chi connectivity index (χ2v) is 9.38. The summed E-state index contributed by atoms with van der Waals surface area (Å²) in [5.41, 5.74) is 0.668. The Kier molecular flexibility index (Phi) is 5.61. The van der Waals surface area contributed by atoms with Crippen LogP contribution in [0, 0.1) is 15.9 Å². The molecule has 160 valence electrons. The molecule has 2 aromatic rings. The highest BCUT2D eigenvalue weighted by atomic mass is 32.2. The van der Waals surface area contributed by atoms with Gasteiger partial charge in [-0.25, -0.2) is 12.8 Å². The van der Waals surface area contributed by atoms with Gasteiger partial charge in [-0.15, -0.1) is 0 Å². The first kappa shape index (κ1) is 20.5. The fourth-order valence-corrected chi connectivity index (χ4v) is 5.59. The van der Waals surface area contributed by atoms with Crippen LogP contribution in [0.25, 0.3) is 0 Å². The van der Waals surface area contributed by atoms with Crippen LogP contribution in [0.1, 0.15) is 12.8 Å². The van der Waals surface area contributed by atoms with Crippen LogP contribution in [0.4, 0.5) is 21.5 Å². The lowest BCUT2D eigenvalue weighted by molar-refractivity contribution is -0.384. The first-order valence-electron chi connectivity index (χ1n) is 9.91. The quantitative estimate of drug-likeness (QED) is 0.531. The number of benzene rings is 2. The molecule has 0 saturated carbocycles. The Morgan fingerprint density at radius 1 is 0.867 bits per heavy atom. The van der Waals surface area contributed by atoms with Crippen LogP contribution in [0.15, 0.2) is 47.4 Å². The van der Waals surface area contributed by atoms with E-state index in [9.17, 15) is 22.9 Å². The molecule has 0 bridgehead atoms. The van der Waals surface area contributed by atoms with E-state index in [0.717, 1.165) is 18.9 Å². The summed E-state index contributed by atoms with van der Waals surface area (Å²) in [5, 5.41) is 11.7. The molecule has 0 amide bonds. The molecule has 0 spiro atoms. The van der Waals surface area contributed by atoms with Gasteiger partial charge in [0.2, 0.25) is 10.0 Å². The van der Waals surface area contributed by atoms with E-state index >= 15 is 0 Å². The fraction of sp³-hybridized carbons (Fsp3) is 0.400. The smallest absolute Gasteiger partial charge is 0.293 e. The normalized spacial score (nSPS) is 18.0. The number of nitrogens with zero attached hydrogens (tertiary/aromatic N) is 4. The number of para-hydroxylation sites is 1. The zero-order chi connectivity index (χ0) is 21.3. The summed E-state index contributed by atoms with van der Waals surface area (Å²) in [6.07, 6.45) is 1.59. The molecular formula is C20H23FN4O4S. The number of piperazine rings is 1. The van der Waals surface area contributed by atoms with Crippen LogP contribution in [0.5, 0.6) is 0 Å². The van der Waals surface area contributed by atoms with Gasteiger partial charge < -0.3 is 9.80 Å². The highest BCUT2D eigenvalue weighted by molar-refractivity contribution is 7.89. The van der Waals surface area contributed by atoms with Gasteiger partial charge in [0, 0.05) is 45.3 Å². The van der Waals surface area contributed by atoms with Crippen LogP contribution in [-0.4, -0.2) is 56.9 Å². The van der Waals surface area contributed by atoms with E-state index in [1.165, 1.54) is 22.5 Å². The second kappa shape index (κ2) is 8.19. The molecule has 0 aromatic heterocycles. The van der Waals surface area contributed by atoms with Gasteiger partial charge in [-0.2, -0.15) is 4.31 Å². The molecule has 2 fully saturated rings. The van der Waals surface area contributed by atoms with Crippen LogP contribution in [-0.2, 0) is 10.0 Å². The zero-order valence-corrected chi connectivity index (χ0v) is 17.2. The third-order valence-electron chi connectivity index (χ3n) is 5.66. The summed E-state index contributed by atoms with van der Waals surface area (Å²) >= 11 is 0. The molecule has 30 heavy (non-hydrogen) atoms. The maximum atomic E-state index is 14.0. The molecule has 0 aliphatic carbocycles. The average molecular weight is 434 g/mol. The summed E-state index contributed by atoms with van der Waals surface area (Å²) < 4.78 is 41.0. The molecule has 2 aromatic carbocycles. The molecule has 8 nitrogen and oxygen atoms in total. The lowest BCUT2D eigenvalue weighted by Gasteiger charge is -2.37. The van der Waals surface area contributed by atoms with Crippen LogP contribution in [0.2, 0.25) is 0 Å². The number of halogens is 1. The van der Waals surface area contributed by atoms with Crippen molar-refractivity contribution in [2.75, 3.05) is 49.1 Å². The van der Waals surface area contributed by atoms with Gasteiger partial charge in [0.25, 0.3) is 5.69 Å². The van der Waals surface area contributed by atoms with Gasteiger partial charge in [0.1, 0.15) is 11.5 Å². The number of sulfonamides is 1. The molecule has 0 atom stereocenters. The minimum absolute atomic E-state index is 0.0511. The number of rotatable bonds is 5. The number of nitro groups is 1. The summed E-state index contributed by atoms with van der Waals surface area (Å²) in [5.74, 6) is -0.298. The van der Waals surface area contributed by atoms with E-state index in [1.54, 1.807) is 18.2 Å². The molecule has 4 rings (SSSR count). The van der Waals surface area contributed by atoms with Crippen molar-refractivity contribution in [2.24, 2.45) is 0 Å². The summed E-state index contributed by atoms with van der Waals surface area (Å²) in [6, 6.07) is 10.6. The van der Waals surface area contributed by atoms with Crippen molar-refractivity contribution in [1.29, 1.82) is 0 Å². The highest BCUT2D eigenvalue weighted by Gasteiger charge is 2.31. The number of nitro benzene ring substituents is 1. The van der Waals surface area contributed by atoms with E-state index < -0.39 is 14.9 Å². The van der Waals surface area contributed by atoms with Gasteiger partial charge >= 0.3 is 0 Å². The molecule has 2 heterocycles. The van der Waals surface area contributed by atoms with Crippen molar-refractivity contribution in [2.45, 2.75) is 17.7 Å². The Hall–Kier alpha value is -2.72. The fourth-order valence-electron chi connectivity index (χ4n) is 4.05. The Morgan fingerprint density at radius 3 is 2.07 bits per heavy atom. The number of hydrogen-bond donors (Lipinski definition) is 0. The third kappa shape index (κ3) is 3.84. The third-order valence-corrected chi connectivity index (χ3v) is 7.55. The van der Waals surface area contributed by atoms with E-state index in [-0.39, 0.29) is 16.4 Å². The van der Waals surface area contributed by atoms with Crippen molar-refractivity contribution in [3.63, 3.8) is 0 Å². The lowest BCUT2D eigenvalue weighted by Crippen LogP contribution is -2.47. The summed E-state index contributed by atoms with van der Waals surface area (Å²) in [6.45, 7) is 2.82. The standard InChI is InChI=1S/C20H23FN4O4S/c21-17-5-1-2-6-18(17)22-11-13-23(14-12-22)19-8-7-16(15-20(19)25(26)27)30(28,29)24-9-3-4-10-24/h1-2,5-8,15H,3-4,9-14H2. The van der Waals surface area contributed by atoms with E-state index in [1.807, 2.05) is 9.80 Å². The lowest BCUT2D eigenvalue weighted by atomic mass is 10.2. The minimum Gasteiger partial charge on any atom is -0.366 e. The molecule has 2 aliphatic rings. The summed E-state index contributed by atoms with van der Waals surface area (Å²) in [7, 11) is -3.73. The first-order chi connectivity index (χ1) is 14.4. The number of anilines is 2. The van der Waals surface area contributed by atoms with Crippen LogP contribution < -0.4 is 9.80 Å². The zero-order valence-electron chi connectivity index (χ0n) is 16.4. The number of hydrogen-bond acceptors (Lipinski definition) is 6. The SMILES string of the molecule is O=[N+]([O-])c1cc(S(=O)(=O)N2CCCC2)ccc1N1CCN(c2ccccc2F)CC1. The van der Waals surface area contributed by atoms with Crippen LogP contribution >= 0.6 is 0 Å². The second-order valence-electron chi connectivity index (χ2n) is 7.44. The van der Waals surface area contributed by atoms with Gasteiger partial charge in [-0.05, 0) is 37.1 Å². The Labute approximate surface area is 174 Å². The maximum Gasteiger partial charge on any atom is 0.293 e. The van der Waals surface area contributed by atoms with Crippen molar-refractivity contribution in [1.82, 2.24) is 4.31 Å². The van der Waals surface area contributed by atoms with Crippen molar-refractivity contribution < 1.29 is 17.7 Å². The van der Waals surface area contributed by atoms with Crippen molar-refractivity contribution in [3.05, 3.63) is 58.4 Å². The predicted octanol–water partition coefficient (Wildman–Crippen LogP) is 2.85. The van der Waals surface area contributed by atoms with E-state index in [0.29, 0.717) is 50.6 Å². The topological polar surface area (TPSA) is 87.0 Å². The van der Waals surface area contributed by atoms with Gasteiger partial charge in [0.15, 0.2) is 0 Å². The largest absolute Gasteiger partial charge is 0.366 e. The molecular weight excluding hydrogens is 411 g/mol. The van der Waals surface area contributed by atoms with Crippen molar-refractivity contribution >= 4 is 27.1 Å². The Balaban J connectivity index is 1.56. The molecule has 10 heteroatoms. The minimum atomic E-state index is -3.73. The van der Waals surface area contributed by atoms with E-state index in [4.69, 9.17) is 0 Å². The van der Waals surface area contributed by atoms with Gasteiger partial charge in [-0.3, -0.25) is 10.1 Å². The molecule has 2 aliphatic heterocycles. The Bertz CT molecular complexity index is 1050. The van der Waals surface area contributed by atoms with E-state index in [2.05, 4.69) is 0 Å². The van der Waals surface area contributed by atoms with Gasteiger partial charge in [-0.1, -0.05) is 12.1 Å². The molecule has 0 radical (unpaired) electrons. The monoisotopic (exact) mass is 434 g/mol.